The number of hydrogen-bond donors (Lipinski definition) is 0. The monoisotopic (exact) mass is 265 g/mol. The van der Waals surface area contributed by atoms with E-state index in [0.29, 0.717) is 18.2 Å². The minimum Gasteiger partial charge on any atom is -0.301 e. The second-order valence-electron chi connectivity index (χ2n) is 5.24. The first-order valence-corrected chi connectivity index (χ1v) is 7.96. The van der Waals surface area contributed by atoms with Gasteiger partial charge in [0.2, 0.25) is 0 Å². The van der Waals surface area contributed by atoms with Gasteiger partial charge in [-0.05, 0) is 50.7 Å². The van der Waals surface area contributed by atoms with Crippen LogP contribution < -0.4 is 0 Å². The van der Waals surface area contributed by atoms with Crippen molar-refractivity contribution in [2.24, 2.45) is 0 Å². The van der Waals surface area contributed by atoms with Gasteiger partial charge in [0.25, 0.3) is 0 Å². The van der Waals surface area contributed by atoms with Crippen LogP contribution in [0.5, 0.6) is 0 Å². The maximum atomic E-state index is 11.9. The molecule has 1 aromatic heterocycles. The molecule has 0 spiro atoms. The van der Waals surface area contributed by atoms with E-state index < -0.39 is 0 Å². The van der Waals surface area contributed by atoms with E-state index in [1.165, 1.54) is 32.2 Å². The highest BCUT2D eigenvalue weighted by molar-refractivity contribution is 7.12. The molecule has 2 rings (SSSR count). The number of likely N-dealkylation sites (tertiary alicyclic amines) is 1. The number of Topliss-reactive ketones (excluding diaryl/α,β-unsaturated/α-hetero) is 1. The molecule has 0 N–H and O–H groups in total. The van der Waals surface area contributed by atoms with E-state index in [1.807, 2.05) is 17.5 Å². The van der Waals surface area contributed by atoms with Gasteiger partial charge >= 0.3 is 0 Å². The Bertz CT molecular complexity index is 361. The van der Waals surface area contributed by atoms with Crippen molar-refractivity contribution < 1.29 is 4.79 Å². The van der Waals surface area contributed by atoms with Crippen molar-refractivity contribution in [2.45, 2.75) is 51.5 Å². The van der Waals surface area contributed by atoms with Crippen molar-refractivity contribution >= 4 is 17.1 Å². The third kappa shape index (κ3) is 3.92. The smallest absolute Gasteiger partial charge is 0.172 e. The summed E-state index contributed by atoms with van der Waals surface area (Å²) in [4.78, 5) is 15.4. The quantitative estimate of drug-likeness (QED) is 0.751. The van der Waals surface area contributed by atoms with E-state index in [0.717, 1.165) is 17.8 Å². The van der Waals surface area contributed by atoms with Gasteiger partial charge in [-0.3, -0.25) is 4.79 Å². The molecule has 0 aromatic carbocycles. The summed E-state index contributed by atoms with van der Waals surface area (Å²) in [5.74, 6) is 0.312. The predicted octanol–water partition coefficient (Wildman–Crippen LogP) is 3.98. The van der Waals surface area contributed by atoms with Crippen LogP contribution in [0, 0.1) is 0 Å². The first-order valence-electron chi connectivity index (χ1n) is 7.08. The molecule has 1 atom stereocenters. The van der Waals surface area contributed by atoms with E-state index in [1.54, 1.807) is 11.3 Å². The maximum absolute atomic E-state index is 11.9. The molecule has 1 aliphatic heterocycles. The topological polar surface area (TPSA) is 20.3 Å². The van der Waals surface area contributed by atoms with Gasteiger partial charge in [0, 0.05) is 12.5 Å². The van der Waals surface area contributed by atoms with Crippen molar-refractivity contribution in [1.29, 1.82) is 0 Å². The summed E-state index contributed by atoms with van der Waals surface area (Å²) in [6.45, 7) is 4.62. The van der Waals surface area contributed by atoms with Crippen LogP contribution in [-0.4, -0.2) is 29.8 Å². The third-order valence-electron chi connectivity index (χ3n) is 3.84. The van der Waals surface area contributed by atoms with Crippen LogP contribution in [0.15, 0.2) is 17.5 Å². The fraction of sp³-hybridized carbons (Fsp3) is 0.667. The van der Waals surface area contributed by atoms with Crippen LogP contribution in [0.1, 0.15) is 55.1 Å². The van der Waals surface area contributed by atoms with Gasteiger partial charge in [-0.15, -0.1) is 11.3 Å². The molecule has 1 unspecified atom stereocenters. The van der Waals surface area contributed by atoms with Gasteiger partial charge in [-0.1, -0.05) is 18.9 Å². The van der Waals surface area contributed by atoms with Crippen molar-refractivity contribution in [2.75, 3.05) is 13.1 Å². The Morgan fingerprint density at radius 2 is 2.33 bits per heavy atom. The maximum Gasteiger partial charge on any atom is 0.172 e. The number of nitrogens with zero attached hydrogens (tertiary/aromatic N) is 1. The molecule has 2 nitrogen and oxygen atoms in total. The minimum atomic E-state index is 0.312. The molecule has 3 heteroatoms. The zero-order valence-corrected chi connectivity index (χ0v) is 12.0. The number of carbonyl (C=O) groups is 1. The summed E-state index contributed by atoms with van der Waals surface area (Å²) >= 11 is 1.56. The van der Waals surface area contributed by atoms with Gasteiger partial charge in [-0.2, -0.15) is 0 Å². The van der Waals surface area contributed by atoms with Crippen molar-refractivity contribution in [3.8, 4) is 0 Å². The van der Waals surface area contributed by atoms with Crippen LogP contribution in [-0.2, 0) is 0 Å². The lowest BCUT2D eigenvalue weighted by atomic mass is 10.1. The van der Waals surface area contributed by atoms with Gasteiger partial charge in [-0.25, -0.2) is 0 Å². The Hall–Kier alpha value is -0.670. The molecular weight excluding hydrogens is 242 g/mol. The van der Waals surface area contributed by atoms with Crippen molar-refractivity contribution in [3.63, 3.8) is 0 Å². The molecule has 18 heavy (non-hydrogen) atoms. The van der Waals surface area contributed by atoms with Crippen LogP contribution in [0.2, 0.25) is 0 Å². The van der Waals surface area contributed by atoms with Crippen molar-refractivity contribution in [1.82, 2.24) is 4.90 Å². The molecule has 1 aliphatic rings. The Morgan fingerprint density at radius 1 is 1.44 bits per heavy atom. The molecule has 0 aliphatic carbocycles. The Balaban J connectivity index is 1.72. The second-order valence-corrected chi connectivity index (χ2v) is 6.19. The summed E-state index contributed by atoms with van der Waals surface area (Å²) in [7, 11) is 0. The lowest BCUT2D eigenvalue weighted by Gasteiger charge is -2.26. The number of carbonyl (C=O) groups excluding carboxylic acids is 1. The molecule has 0 bridgehead atoms. The first-order chi connectivity index (χ1) is 8.77. The fourth-order valence-corrected chi connectivity index (χ4v) is 3.36. The summed E-state index contributed by atoms with van der Waals surface area (Å²) in [6.07, 6.45) is 7.08. The largest absolute Gasteiger partial charge is 0.301 e. The molecule has 1 aromatic rings. The molecule has 100 valence electrons. The van der Waals surface area contributed by atoms with Crippen LogP contribution in [0.25, 0.3) is 0 Å². The zero-order valence-electron chi connectivity index (χ0n) is 11.2. The summed E-state index contributed by atoms with van der Waals surface area (Å²) in [5, 5.41) is 1.98. The van der Waals surface area contributed by atoms with Gasteiger partial charge in [0.15, 0.2) is 5.78 Å². The normalized spacial score (nSPS) is 21.7. The number of hydrogen-bond acceptors (Lipinski definition) is 3. The predicted molar refractivity (Wildman–Crippen MR) is 77.4 cm³/mol. The number of ketones is 1. The summed E-state index contributed by atoms with van der Waals surface area (Å²) in [5.41, 5.74) is 0. The fourth-order valence-electron chi connectivity index (χ4n) is 2.67. The molecule has 0 saturated carbocycles. The van der Waals surface area contributed by atoms with Gasteiger partial charge < -0.3 is 4.90 Å². The highest BCUT2D eigenvalue weighted by Crippen LogP contribution is 2.18. The molecule has 0 amide bonds. The third-order valence-corrected chi connectivity index (χ3v) is 4.75. The Morgan fingerprint density at radius 3 is 3.11 bits per heavy atom. The van der Waals surface area contributed by atoms with Gasteiger partial charge in [0.05, 0.1) is 4.88 Å². The van der Waals surface area contributed by atoms with E-state index in [2.05, 4.69) is 11.8 Å². The lowest BCUT2D eigenvalue weighted by molar-refractivity contribution is 0.0975. The highest BCUT2D eigenvalue weighted by atomic mass is 32.1. The van der Waals surface area contributed by atoms with Crippen molar-refractivity contribution in [3.05, 3.63) is 22.4 Å². The lowest BCUT2D eigenvalue weighted by Crippen LogP contribution is -2.33. The Kier molecular flexibility index (Phi) is 5.39. The molecular formula is C15H23NOS. The van der Waals surface area contributed by atoms with E-state index in [-0.39, 0.29) is 0 Å². The molecule has 2 heterocycles. The summed E-state index contributed by atoms with van der Waals surface area (Å²) < 4.78 is 0. The average Bonchev–Trinajstić information content (AvgIpc) is 2.82. The standard InChI is InChI=1S/C15H23NOS/c1-13-7-3-2-4-10-16(13)11-5-8-14(17)15-9-6-12-18-15/h6,9,12-13H,2-5,7-8,10-11H2,1H3. The highest BCUT2D eigenvalue weighted by Gasteiger charge is 2.16. The van der Waals surface area contributed by atoms with Gasteiger partial charge in [0.1, 0.15) is 0 Å². The Labute approximate surface area is 114 Å². The first kappa shape index (κ1) is 13.8. The molecule has 1 saturated heterocycles. The van der Waals surface area contributed by atoms with E-state index in [4.69, 9.17) is 0 Å². The van der Waals surface area contributed by atoms with E-state index >= 15 is 0 Å². The van der Waals surface area contributed by atoms with Crippen LogP contribution in [0.4, 0.5) is 0 Å². The zero-order chi connectivity index (χ0) is 12.8. The number of rotatable bonds is 5. The SMILES string of the molecule is CC1CCCCCN1CCCC(=O)c1cccs1. The second kappa shape index (κ2) is 7.05. The summed E-state index contributed by atoms with van der Waals surface area (Å²) in [6, 6.07) is 4.58. The minimum absolute atomic E-state index is 0.312. The average molecular weight is 265 g/mol. The van der Waals surface area contributed by atoms with E-state index in [9.17, 15) is 4.79 Å². The molecule has 0 radical (unpaired) electrons. The van der Waals surface area contributed by atoms with Crippen LogP contribution >= 0.6 is 11.3 Å². The number of thiophene rings is 1. The van der Waals surface area contributed by atoms with Crippen LogP contribution in [0.3, 0.4) is 0 Å². The molecule has 1 fully saturated rings.